The molecule has 2 heterocycles. The first kappa shape index (κ1) is 27.2. The van der Waals surface area contributed by atoms with Gasteiger partial charge in [-0.1, -0.05) is 18.3 Å². The van der Waals surface area contributed by atoms with Crippen LogP contribution in [0.15, 0.2) is 11.7 Å². The van der Waals surface area contributed by atoms with Crippen molar-refractivity contribution in [1.29, 1.82) is 0 Å². The lowest BCUT2D eigenvalue weighted by atomic mass is 9.44. The maximum absolute atomic E-state index is 12.8. The quantitative estimate of drug-likeness (QED) is 0.437. The van der Waals surface area contributed by atoms with Gasteiger partial charge in [-0.25, -0.2) is 9.97 Å². The van der Waals surface area contributed by atoms with E-state index < -0.39 is 0 Å². The normalized spacial score (nSPS) is 28.8. The Morgan fingerprint density at radius 1 is 1.26 bits per heavy atom. The molecule has 0 aromatic carbocycles. The van der Waals surface area contributed by atoms with Crippen molar-refractivity contribution in [3.8, 4) is 0 Å². The smallest absolute Gasteiger partial charge is 0.306 e. The summed E-state index contributed by atoms with van der Waals surface area (Å²) in [6, 6.07) is 0. The number of anilines is 1. The van der Waals surface area contributed by atoms with Crippen molar-refractivity contribution >= 4 is 35.5 Å². The second-order valence-electron chi connectivity index (χ2n) is 11.1. The predicted octanol–water partition coefficient (Wildman–Crippen LogP) is 1.58. The monoisotopic (exact) mass is 526 g/mol. The molecule has 2 unspecified atom stereocenters. The third-order valence-corrected chi connectivity index (χ3v) is 9.25. The van der Waals surface area contributed by atoms with Crippen LogP contribution in [-0.2, 0) is 22.5 Å². The van der Waals surface area contributed by atoms with Gasteiger partial charge in [-0.15, -0.1) is 12.4 Å². The largest absolute Gasteiger partial charge is 1.00 e. The molecule has 4 bridgehead atoms. The number of aryl methyl sites for hydroxylation is 1. The average Bonchev–Trinajstić information content (AvgIpc) is 3.01. The minimum absolute atomic E-state index is 0. The molecule has 2 N–H and O–H groups in total. The van der Waals surface area contributed by atoms with Gasteiger partial charge < -0.3 is 22.9 Å². The van der Waals surface area contributed by atoms with E-state index in [9.17, 15) is 4.79 Å². The summed E-state index contributed by atoms with van der Waals surface area (Å²) in [7, 11) is 0. The summed E-state index contributed by atoms with van der Waals surface area (Å²) in [4.78, 5) is 22.5. The van der Waals surface area contributed by atoms with Gasteiger partial charge in [-0.2, -0.15) is 4.57 Å². The molecule has 0 radical (unpaired) electrons. The summed E-state index contributed by atoms with van der Waals surface area (Å²) in [6.45, 7) is 7.50. The van der Waals surface area contributed by atoms with Gasteiger partial charge in [0.15, 0.2) is 12.2 Å². The number of thiazole rings is 1. The van der Waals surface area contributed by atoms with Crippen LogP contribution in [0, 0.1) is 36.5 Å². The first-order valence-corrected chi connectivity index (χ1v) is 12.8. The number of hydrogen-bond acceptors (Lipinski definition) is 6. The van der Waals surface area contributed by atoms with E-state index in [2.05, 4.69) is 33.9 Å². The summed E-state index contributed by atoms with van der Waals surface area (Å²) in [5.74, 6) is 2.90. The predicted molar refractivity (Wildman–Crippen MR) is 131 cm³/mol. The lowest BCUT2D eigenvalue weighted by molar-refractivity contribution is -0.689. The highest BCUT2D eigenvalue weighted by molar-refractivity contribution is 7.09. The molecule has 6 nitrogen and oxygen atoms in total. The molecule has 2 aromatic heterocycles. The number of hydrogen-bond donors (Lipinski definition) is 1. The van der Waals surface area contributed by atoms with Crippen LogP contribution in [0.25, 0.3) is 0 Å². The number of rotatable bonds is 7. The van der Waals surface area contributed by atoms with Crippen molar-refractivity contribution in [3.63, 3.8) is 0 Å². The van der Waals surface area contributed by atoms with E-state index >= 15 is 0 Å². The molecule has 9 heteroatoms. The fourth-order valence-corrected chi connectivity index (χ4v) is 8.39. The van der Waals surface area contributed by atoms with Crippen molar-refractivity contribution in [2.75, 3.05) is 12.3 Å². The molecule has 4 fully saturated rings. The summed E-state index contributed by atoms with van der Waals surface area (Å²) in [5, 5.41) is 0. The topological polar surface area (TPSA) is 82.0 Å². The van der Waals surface area contributed by atoms with Crippen molar-refractivity contribution < 1.29 is 26.5 Å². The number of esters is 1. The van der Waals surface area contributed by atoms with E-state index in [-0.39, 0.29) is 36.2 Å². The highest BCUT2D eigenvalue weighted by atomic mass is 35.5. The van der Waals surface area contributed by atoms with Crippen molar-refractivity contribution in [2.24, 2.45) is 22.7 Å². The van der Waals surface area contributed by atoms with Crippen LogP contribution in [0.1, 0.15) is 73.8 Å². The van der Waals surface area contributed by atoms with Crippen LogP contribution in [0.2, 0.25) is 0 Å². The first-order valence-electron chi connectivity index (χ1n) is 11.9. The molecule has 2 aromatic rings. The van der Waals surface area contributed by atoms with Gasteiger partial charge in [-0.05, 0) is 68.1 Å². The standard InChI is InChI=1S/C25H35N4O2S.2ClH/c1-16-21(32-15-29(16)13-20-12-27-17(2)28-23(20)26)4-5-31-22(30)11-25-9-18-6-19(10-25)8-24(3,7-18)14-25;;/h12,15,18-19H,4-11,13-14H2,1-3H3,(H2,26,27,28);2*1H/q+1;;/p-1. The van der Waals surface area contributed by atoms with E-state index in [1.807, 2.05) is 6.92 Å². The van der Waals surface area contributed by atoms with Crippen molar-refractivity contribution in [2.45, 2.75) is 78.7 Å². The van der Waals surface area contributed by atoms with Gasteiger partial charge >= 0.3 is 5.97 Å². The number of carbonyl (C=O) groups excluding carboxylic acids is 1. The van der Waals surface area contributed by atoms with E-state index in [1.165, 1.54) is 49.1 Å². The Balaban J connectivity index is 0.00000162. The summed E-state index contributed by atoms with van der Waals surface area (Å²) >= 11 is 1.70. The number of nitrogens with two attached hydrogens (primary N) is 1. The van der Waals surface area contributed by atoms with Gasteiger partial charge in [-0.3, -0.25) is 4.79 Å². The van der Waals surface area contributed by atoms with Gasteiger partial charge in [0, 0.05) is 19.5 Å². The van der Waals surface area contributed by atoms with Crippen LogP contribution in [0.5, 0.6) is 0 Å². The lowest BCUT2D eigenvalue weighted by Crippen LogP contribution is -3.00. The van der Waals surface area contributed by atoms with Crippen LogP contribution < -0.4 is 22.7 Å². The molecular weight excluding hydrogens is 491 g/mol. The van der Waals surface area contributed by atoms with Crippen molar-refractivity contribution in [1.82, 2.24) is 9.97 Å². The number of carbonyl (C=O) groups is 1. The lowest BCUT2D eigenvalue weighted by Gasteiger charge is -2.61. The van der Waals surface area contributed by atoms with Crippen LogP contribution in [0.3, 0.4) is 0 Å². The Bertz CT molecular complexity index is 1030. The molecule has 4 aliphatic carbocycles. The van der Waals surface area contributed by atoms with E-state index in [0.717, 1.165) is 23.8 Å². The number of halogens is 2. The van der Waals surface area contributed by atoms with Crippen molar-refractivity contribution in [3.05, 3.63) is 33.7 Å². The average molecular weight is 528 g/mol. The first-order chi connectivity index (χ1) is 15.2. The fourth-order valence-electron chi connectivity index (χ4n) is 7.42. The second-order valence-corrected chi connectivity index (χ2v) is 12.0. The number of nitrogens with zero attached hydrogens (tertiary/aromatic N) is 3. The van der Waals surface area contributed by atoms with E-state index in [1.54, 1.807) is 17.5 Å². The molecule has 188 valence electrons. The molecule has 6 rings (SSSR count). The Kier molecular flexibility index (Phi) is 8.21. The maximum atomic E-state index is 12.8. The summed E-state index contributed by atoms with van der Waals surface area (Å²) < 4.78 is 7.92. The highest BCUT2D eigenvalue weighted by Crippen LogP contribution is 2.66. The molecule has 0 spiro atoms. The SMILES string of the molecule is Cc1ncc(C[n+]2csc(CCOC(=O)CC34CC5CC(CC(C)(C5)C3)C4)c2C)c(N)n1.Cl.[Cl-]. The van der Waals surface area contributed by atoms with Gasteiger partial charge in [0.25, 0.3) is 0 Å². The Labute approximate surface area is 218 Å². The maximum Gasteiger partial charge on any atom is 0.306 e. The van der Waals surface area contributed by atoms with E-state index in [4.69, 9.17) is 10.5 Å². The second kappa shape index (κ2) is 10.3. The Morgan fingerprint density at radius 2 is 1.97 bits per heavy atom. The molecule has 2 atom stereocenters. The van der Waals surface area contributed by atoms with E-state index in [0.29, 0.717) is 36.6 Å². The summed E-state index contributed by atoms with van der Waals surface area (Å²) in [5.41, 5.74) is 10.9. The zero-order valence-corrected chi connectivity index (χ0v) is 22.7. The third-order valence-electron chi connectivity index (χ3n) is 8.10. The number of ether oxygens (including phenoxy) is 1. The molecule has 4 aliphatic rings. The Hall–Kier alpha value is -1.44. The number of aromatic nitrogens is 3. The highest BCUT2D eigenvalue weighted by Gasteiger charge is 2.56. The molecule has 34 heavy (non-hydrogen) atoms. The molecule has 0 amide bonds. The van der Waals surface area contributed by atoms with Gasteiger partial charge in [0.05, 0.1) is 23.5 Å². The molecule has 0 saturated heterocycles. The zero-order valence-electron chi connectivity index (χ0n) is 20.3. The minimum Gasteiger partial charge on any atom is -1.00 e. The molecule has 0 aliphatic heterocycles. The van der Waals surface area contributed by atoms with Crippen LogP contribution >= 0.6 is 23.7 Å². The van der Waals surface area contributed by atoms with Crippen LogP contribution in [0.4, 0.5) is 5.82 Å². The molecule has 4 saturated carbocycles. The van der Waals surface area contributed by atoms with Gasteiger partial charge in [0.1, 0.15) is 11.6 Å². The third kappa shape index (κ3) is 5.52. The molecular formula is C25H36Cl2N4O2S. The Morgan fingerprint density at radius 3 is 2.62 bits per heavy atom. The zero-order chi connectivity index (χ0) is 22.5. The summed E-state index contributed by atoms with van der Waals surface area (Å²) in [6.07, 6.45) is 11.0. The van der Waals surface area contributed by atoms with Gasteiger partial charge in [0.2, 0.25) is 5.51 Å². The number of nitrogen functional groups attached to an aromatic ring is 1. The minimum atomic E-state index is 0. The van der Waals surface area contributed by atoms with Crippen LogP contribution in [-0.4, -0.2) is 22.5 Å². The fraction of sp³-hybridized carbons (Fsp3) is 0.680.